The van der Waals surface area contributed by atoms with Crippen molar-refractivity contribution in [3.8, 4) is 0 Å². The molecule has 3 rings (SSSR count). The molecule has 3 nitrogen and oxygen atoms in total. The Morgan fingerprint density at radius 3 is 2.62 bits per heavy atom. The molecule has 1 aromatic carbocycles. The molecule has 1 aliphatic rings. The summed E-state index contributed by atoms with van der Waals surface area (Å²) in [6.07, 6.45) is 4.22. The third kappa shape index (κ3) is 3.18. The third-order valence-electron chi connectivity index (χ3n) is 4.30. The van der Waals surface area contributed by atoms with Crippen LogP contribution in [0.5, 0.6) is 0 Å². The van der Waals surface area contributed by atoms with Gasteiger partial charge in [0.15, 0.2) is 0 Å². The second-order valence-electron chi connectivity index (χ2n) is 5.89. The van der Waals surface area contributed by atoms with Crippen molar-refractivity contribution < 1.29 is 5.11 Å². The molecule has 0 spiro atoms. The Balaban J connectivity index is 1.72. The van der Waals surface area contributed by atoms with Gasteiger partial charge in [-0.05, 0) is 25.3 Å². The number of nitrogens with zero attached hydrogens (tertiary/aromatic N) is 1. The number of aryl methyl sites for hydroxylation is 1. The Morgan fingerprint density at radius 1 is 1.29 bits per heavy atom. The second kappa shape index (κ2) is 6.26. The summed E-state index contributed by atoms with van der Waals surface area (Å²) in [7, 11) is 0. The summed E-state index contributed by atoms with van der Waals surface area (Å²) >= 11 is 1.74. The Labute approximate surface area is 130 Å². The molecule has 4 heteroatoms. The lowest BCUT2D eigenvalue weighted by molar-refractivity contribution is 0.155. The summed E-state index contributed by atoms with van der Waals surface area (Å²) < 4.78 is 0. The fourth-order valence-electron chi connectivity index (χ4n) is 3.10. The zero-order valence-corrected chi connectivity index (χ0v) is 13.2. The summed E-state index contributed by atoms with van der Waals surface area (Å²) in [5.41, 5.74) is 2.02. The number of thiazole rings is 1. The molecule has 0 amide bonds. The quantitative estimate of drug-likeness (QED) is 0.888. The predicted octanol–water partition coefficient (Wildman–Crippen LogP) is 3.54. The van der Waals surface area contributed by atoms with E-state index in [1.807, 2.05) is 37.3 Å². The van der Waals surface area contributed by atoms with E-state index < -0.39 is 6.10 Å². The summed E-state index contributed by atoms with van der Waals surface area (Å²) in [6.45, 7) is 2.62. The van der Waals surface area contributed by atoms with Crippen LogP contribution < -0.4 is 5.32 Å². The van der Waals surface area contributed by atoms with Crippen molar-refractivity contribution >= 4 is 11.3 Å². The molecule has 2 aromatic rings. The van der Waals surface area contributed by atoms with Crippen molar-refractivity contribution in [2.24, 2.45) is 0 Å². The molecule has 0 saturated heterocycles. The number of aliphatic hydroxyl groups is 1. The molecule has 2 N–H and O–H groups in total. The van der Waals surface area contributed by atoms with Crippen LogP contribution in [0.2, 0.25) is 0 Å². The van der Waals surface area contributed by atoms with Crippen LogP contribution in [0.3, 0.4) is 0 Å². The van der Waals surface area contributed by atoms with Gasteiger partial charge in [0.25, 0.3) is 0 Å². The normalized spacial score (nSPS) is 18.8. The van der Waals surface area contributed by atoms with Gasteiger partial charge in [-0.15, -0.1) is 11.3 Å². The third-order valence-corrected chi connectivity index (χ3v) is 5.47. The molecule has 0 radical (unpaired) electrons. The van der Waals surface area contributed by atoms with E-state index in [1.165, 1.54) is 17.8 Å². The average molecular weight is 302 g/mol. The Bertz CT molecular complexity index is 575. The SMILES string of the molecule is Cc1csc(C2(NCC(O)c3ccccc3)CCCC2)n1. The summed E-state index contributed by atoms with van der Waals surface area (Å²) in [4.78, 5) is 4.69. The number of aromatic nitrogens is 1. The Kier molecular flexibility index (Phi) is 4.38. The largest absolute Gasteiger partial charge is 0.387 e. The van der Waals surface area contributed by atoms with Crippen molar-refractivity contribution in [1.82, 2.24) is 10.3 Å². The zero-order valence-electron chi connectivity index (χ0n) is 12.4. The smallest absolute Gasteiger partial charge is 0.113 e. The maximum absolute atomic E-state index is 10.4. The minimum Gasteiger partial charge on any atom is -0.387 e. The molecule has 0 bridgehead atoms. The summed E-state index contributed by atoms with van der Waals surface area (Å²) in [5, 5.41) is 17.3. The van der Waals surface area contributed by atoms with Crippen LogP contribution in [-0.2, 0) is 5.54 Å². The van der Waals surface area contributed by atoms with Crippen LogP contribution in [-0.4, -0.2) is 16.6 Å². The first-order chi connectivity index (χ1) is 10.2. The van der Waals surface area contributed by atoms with Crippen LogP contribution in [0, 0.1) is 6.92 Å². The maximum Gasteiger partial charge on any atom is 0.113 e. The lowest BCUT2D eigenvalue weighted by Crippen LogP contribution is -2.42. The van der Waals surface area contributed by atoms with Gasteiger partial charge in [0.2, 0.25) is 0 Å². The number of hydrogen-bond acceptors (Lipinski definition) is 4. The summed E-state index contributed by atoms with van der Waals surface area (Å²) in [5.74, 6) is 0. The number of aliphatic hydroxyl groups excluding tert-OH is 1. The highest BCUT2D eigenvalue weighted by atomic mass is 32.1. The van der Waals surface area contributed by atoms with Crippen molar-refractivity contribution in [2.45, 2.75) is 44.2 Å². The molecule has 1 fully saturated rings. The van der Waals surface area contributed by atoms with Crippen molar-refractivity contribution in [2.75, 3.05) is 6.54 Å². The van der Waals surface area contributed by atoms with Crippen LogP contribution in [0.1, 0.15) is 48.1 Å². The highest BCUT2D eigenvalue weighted by Crippen LogP contribution is 2.40. The van der Waals surface area contributed by atoms with Gasteiger partial charge >= 0.3 is 0 Å². The van der Waals surface area contributed by atoms with Gasteiger partial charge in [-0.3, -0.25) is 0 Å². The van der Waals surface area contributed by atoms with E-state index >= 15 is 0 Å². The van der Waals surface area contributed by atoms with E-state index in [0.29, 0.717) is 6.54 Å². The molecule has 1 saturated carbocycles. The molecule has 1 heterocycles. The lowest BCUT2D eigenvalue weighted by atomic mass is 9.97. The highest BCUT2D eigenvalue weighted by Gasteiger charge is 2.38. The standard InChI is InChI=1S/C17H22N2OS/c1-13-12-21-16(19-13)17(9-5-6-10-17)18-11-15(20)14-7-3-2-4-8-14/h2-4,7-8,12,15,18,20H,5-6,9-11H2,1H3. The molecule has 1 atom stereocenters. The van der Waals surface area contributed by atoms with Gasteiger partial charge in [0.1, 0.15) is 5.01 Å². The van der Waals surface area contributed by atoms with Gasteiger partial charge in [0.05, 0.1) is 11.6 Å². The molecule has 112 valence electrons. The molecule has 21 heavy (non-hydrogen) atoms. The first-order valence-electron chi connectivity index (χ1n) is 7.60. The van der Waals surface area contributed by atoms with Gasteiger partial charge in [-0.1, -0.05) is 43.2 Å². The average Bonchev–Trinajstić information content (AvgIpc) is 3.15. The molecule has 1 unspecified atom stereocenters. The van der Waals surface area contributed by atoms with Crippen LogP contribution in [0.4, 0.5) is 0 Å². The topological polar surface area (TPSA) is 45.1 Å². The molecule has 1 aromatic heterocycles. The molecular weight excluding hydrogens is 280 g/mol. The van der Waals surface area contributed by atoms with E-state index in [4.69, 9.17) is 0 Å². The summed E-state index contributed by atoms with van der Waals surface area (Å²) in [6, 6.07) is 9.85. The van der Waals surface area contributed by atoms with Crippen molar-refractivity contribution in [1.29, 1.82) is 0 Å². The second-order valence-corrected chi connectivity index (χ2v) is 6.75. The Morgan fingerprint density at radius 2 is 2.00 bits per heavy atom. The number of nitrogens with one attached hydrogen (secondary N) is 1. The number of rotatable bonds is 5. The van der Waals surface area contributed by atoms with Crippen LogP contribution >= 0.6 is 11.3 Å². The number of hydrogen-bond donors (Lipinski definition) is 2. The van der Waals surface area contributed by atoms with Crippen molar-refractivity contribution in [3.63, 3.8) is 0 Å². The Hall–Kier alpha value is -1.23. The van der Waals surface area contributed by atoms with E-state index in [9.17, 15) is 5.11 Å². The van der Waals surface area contributed by atoms with E-state index in [-0.39, 0.29) is 5.54 Å². The fourth-order valence-corrected chi connectivity index (χ4v) is 4.14. The lowest BCUT2D eigenvalue weighted by Gasteiger charge is -2.29. The van der Waals surface area contributed by atoms with Gasteiger partial charge in [0, 0.05) is 17.6 Å². The monoisotopic (exact) mass is 302 g/mol. The van der Waals surface area contributed by atoms with Gasteiger partial charge in [-0.2, -0.15) is 0 Å². The van der Waals surface area contributed by atoms with E-state index in [0.717, 1.165) is 24.1 Å². The fraction of sp³-hybridized carbons (Fsp3) is 0.471. The molecule has 1 aliphatic carbocycles. The molecular formula is C17H22N2OS. The van der Waals surface area contributed by atoms with Crippen LogP contribution in [0.25, 0.3) is 0 Å². The molecule has 0 aliphatic heterocycles. The first kappa shape index (κ1) is 14.7. The van der Waals surface area contributed by atoms with Gasteiger partial charge in [-0.25, -0.2) is 4.98 Å². The maximum atomic E-state index is 10.4. The van der Waals surface area contributed by atoms with Crippen LogP contribution in [0.15, 0.2) is 35.7 Å². The van der Waals surface area contributed by atoms with Gasteiger partial charge < -0.3 is 10.4 Å². The number of benzene rings is 1. The highest BCUT2D eigenvalue weighted by molar-refractivity contribution is 7.09. The first-order valence-corrected chi connectivity index (χ1v) is 8.48. The van der Waals surface area contributed by atoms with Crippen molar-refractivity contribution in [3.05, 3.63) is 52.0 Å². The minimum atomic E-state index is -0.468. The minimum absolute atomic E-state index is 0.0330. The van der Waals surface area contributed by atoms with E-state index in [1.54, 1.807) is 11.3 Å². The zero-order chi connectivity index (χ0) is 14.7. The van der Waals surface area contributed by atoms with E-state index in [2.05, 4.69) is 15.7 Å². The predicted molar refractivity (Wildman–Crippen MR) is 86.4 cm³/mol.